The molecule has 0 bridgehead atoms. The second kappa shape index (κ2) is 11.2. The lowest BCUT2D eigenvalue weighted by Gasteiger charge is -2.36. The number of rotatable bonds is 7. The van der Waals surface area contributed by atoms with Crippen LogP contribution in [0.1, 0.15) is 37.3 Å². The van der Waals surface area contributed by atoms with Crippen molar-refractivity contribution in [2.45, 2.75) is 44.5 Å². The van der Waals surface area contributed by atoms with E-state index in [1.165, 1.54) is 11.1 Å². The number of halogens is 3. The van der Waals surface area contributed by atoms with E-state index in [2.05, 4.69) is 15.0 Å². The number of alkyl halides is 3. The molecule has 198 valence electrons. The van der Waals surface area contributed by atoms with Gasteiger partial charge in [-0.2, -0.15) is 23.5 Å². The number of nitrogens with zero attached hydrogens (tertiary/aromatic N) is 6. The zero-order chi connectivity index (χ0) is 26.6. The number of pyridine rings is 1. The number of amides is 1. The lowest BCUT2D eigenvalue weighted by molar-refractivity contribution is -0.138. The summed E-state index contributed by atoms with van der Waals surface area (Å²) in [5.74, 6) is 0.703. The monoisotopic (exact) mass is 519 g/mol. The molecule has 13 heteroatoms. The number of nitrogens with one attached hydrogen (secondary N) is 1. The predicted molar refractivity (Wildman–Crippen MR) is 128 cm³/mol. The first-order valence-electron chi connectivity index (χ1n) is 12.1. The Morgan fingerprint density at radius 3 is 2.65 bits per heavy atom. The second-order valence-electron chi connectivity index (χ2n) is 9.18. The molecule has 2 aliphatic rings. The first-order valence-corrected chi connectivity index (χ1v) is 12.1. The SMILES string of the molecule is C[C@@H](CC(=O)N1CCN(c2ccc(C#N)cn2)CC1)OC[C@@H]1CCCN1c1cn[nH]c(=O)c1C(F)(F)F. The molecule has 0 spiro atoms. The molecule has 0 unspecified atom stereocenters. The standard InChI is InChI=1S/C24H28F3N7O3/c1-16(11-21(35)33-9-7-32(8-10-33)20-5-4-17(12-28)13-29-20)37-15-18-3-2-6-34(18)19-14-30-31-23(36)22(19)24(25,26)27/h4-5,13-14,16,18H,2-3,6-11,15H2,1H3,(H,31,36)/t16-,18-/m0/s1. The van der Waals surface area contributed by atoms with Crippen molar-refractivity contribution in [3.63, 3.8) is 0 Å². The molecule has 4 heterocycles. The quantitative estimate of drug-likeness (QED) is 0.592. The average Bonchev–Trinajstić information content (AvgIpc) is 3.35. The van der Waals surface area contributed by atoms with Gasteiger partial charge in [-0.05, 0) is 31.9 Å². The van der Waals surface area contributed by atoms with Crippen molar-refractivity contribution in [1.82, 2.24) is 20.1 Å². The van der Waals surface area contributed by atoms with Crippen LogP contribution in [0.15, 0.2) is 29.3 Å². The largest absolute Gasteiger partial charge is 0.423 e. The van der Waals surface area contributed by atoms with Gasteiger partial charge in [0, 0.05) is 38.9 Å². The van der Waals surface area contributed by atoms with Crippen LogP contribution in [0.25, 0.3) is 0 Å². The smallest absolute Gasteiger partial charge is 0.376 e. The highest BCUT2D eigenvalue weighted by atomic mass is 19.4. The van der Waals surface area contributed by atoms with E-state index in [4.69, 9.17) is 10.00 Å². The number of carbonyl (C=O) groups is 1. The Morgan fingerprint density at radius 1 is 1.24 bits per heavy atom. The van der Waals surface area contributed by atoms with E-state index < -0.39 is 23.4 Å². The molecular formula is C24H28F3N7O3. The maximum atomic E-state index is 13.5. The molecule has 37 heavy (non-hydrogen) atoms. The minimum Gasteiger partial charge on any atom is -0.376 e. The fourth-order valence-electron chi connectivity index (χ4n) is 4.74. The molecule has 1 N–H and O–H groups in total. The summed E-state index contributed by atoms with van der Waals surface area (Å²) in [6, 6.07) is 5.18. The summed E-state index contributed by atoms with van der Waals surface area (Å²) >= 11 is 0. The third kappa shape index (κ3) is 6.19. The number of aromatic nitrogens is 3. The second-order valence-corrected chi connectivity index (χ2v) is 9.18. The van der Waals surface area contributed by atoms with Gasteiger partial charge in [-0.15, -0.1) is 0 Å². The average molecular weight is 520 g/mol. The summed E-state index contributed by atoms with van der Waals surface area (Å²) in [6.45, 7) is 4.54. The lowest BCUT2D eigenvalue weighted by atomic mass is 10.2. The molecule has 2 fully saturated rings. The van der Waals surface area contributed by atoms with Crippen LogP contribution < -0.4 is 15.4 Å². The van der Waals surface area contributed by atoms with E-state index in [9.17, 15) is 22.8 Å². The van der Waals surface area contributed by atoms with Gasteiger partial charge < -0.3 is 19.4 Å². The Morgan fingerprint density at radius 2 is 2.00 bits per heavy atom. The van der Waals surface area contributed by atoms with Crippen LogP contribution in [0.5, 0.6) is 0 Å². The van der Waals surface area contributed by atoms with Crippen LogP contribution in [-0.2, 0) is 15.7 Å². The first-order chi connectivity index (χ1) is 17.7. The number of hydrogen-bond acceptors (Lipinski definition) is 8. The van der Waals surface area contributed by atoms with Crippen molar-refractivity contribution in [3.8, 4) is 6.07 Å². The summed E-state index contributed by atoms with van der Waals surface area (Å²) < 4.78 is 46.4. The van der Waals surface area contributed by atoms with Gasteiger partial charge in [-0.3, -0.25) is 9.59 Å². The zero-order valence-electron chi connectivity index (χ0n) is 20.4. The summed E-state index contributed by atoms with van der Waals surface area (Å²) in [5, 5.41) is 14.3. The number of H-pyrrole nitrogens is 1. The fraction of sp³-hybridized carbons (Fsp3) is 0.542. The van der Waals surface area contributed by atoms with E-state index >= 15 is 0 Å². The minimum absolute atomic E-state index is 0.0543. The highest BCUT2D eigenvalue weighted by molar-refractivity contribution is 5.77. The molecule has 0 radical (unpaired) electrons. The molecule has 2 saturated heterocycles. The van der Waals surface area contributed by atoms with Gasteiger partial charge in [-0.1, -0.05) is 0 Å². The first kappa shape index (κ1) is 26.4. The molecular weight excluding hydrogens is 491 g/mol. The summed E-state index contributed by atoms with van der Waals surface area (Å²) in [7, 11) is 0. The summed E-state index contributed by atoms with van der Waals surface area (Å²) in [4.78, 5) is 34.3. The minimum atomic E-state index is -4.81. The van der Waals surface area contributed by atoms with Crippen LogP contribution in [0.4, 0.5) is 24.7 Å². The van der Waals surface area contributed by atoms with E-state index in [0.717, 1.165) is 12.0 Å². The van der Waals surface area contributed by atoms with Crippen LogP contribution in [0.3, 0.4) is 0 Å². The molecule has 0 saturated carbocycles. The molecule has 2 aliphatic heterocycles. The molecule has 1 amide bonds. The van der Waals surface area contributed by atoms with E-state index in [1.54, 1.807) is 24.0 Å². The summed E-state index contributed by atoms with van der Waals surface area (Å²) in [5.41, 5.74) is -2.29. The van der Waals surface area contributed by atoms with Crippen molar-refractivity contribution in [2.75, 3.05) is 49.1 Å². The van der Waals surface area contributed by atoms with Gasteiger partial charge in [0.15, 0.2) is 0 Å². The fourth-order valence-corrected chi connectivity index (χ4v) is 4.74. The molecule has 2 atom stereocenters. The van der Waals surface area contributed by atoms with Gasteiger partial charge in [0.1, 0.15) is 17.5 Å². The van der Waals surface area contributed by atoms with Crippen molar-refractivity contribution in [1.29, 1.82) is 5.26 Å². The Bertz CT molecular complexity index is 1190. The number of nitriles is 1. The van der Waals surface area contributed by atoms with Crippen molar-refractivity contribution in [3.05, 3.63) is 46.0 Å². The maximum Gasteiger partial charge on any atom is 0.423 e. The Labute approximate surface area is 211 Å². The Hall–Kier alpha value is -3.66. The third-order valence-corrected chi connectivity index (χ3v) is 6.67. The van der Waals surface area contributed by atoms with Gasteiger partial charge in [0.25, 0.3) is 5.56 Å². The normalized spacial score (nSPS) is 19.1. The number of ether oxygens (including phenoxy) is 1. The van der Waals surface area contributed by atoms with Crippen molar-refractivity contribution >= 4 is 17.4 Å². The predicted octanol–water partition coefficient (Wildman–Crippen LogP) is 2.17. The van der Waals surface area contributed by atoms with Crippen LogP contribution in [-0.4, -0.2) is 77.5 Å². The topological polar surface area (TPSA) is 118 Å². The number of piperazine rings is 1. The Kier molecular flexibility index (Phi) is 7.97. The van der Waals surface area contributed by atoms with Gasteiger partial charge in [-0.25, -0.2) is 10.1 Å². The molecule has 2 aromatic heterocycles. The third-order valence-electron chi connectivity index (χ3n) is 6.67. The Balaban J connectivity index is 1.28. The van der Waals surface area contributed by atoms with Gasteiger partial charge in [0.05, 0.1) is 42.6 Å². The van der Waals surface area contributed by atoms with Crippen molar-refractivity contribution < 1.29 is 22.7 Å². The zero-order valence-corrected chi connectivity index (χ0v) is 20.4. The molecule has 4 rings (SSSR count). The highest BCUT2D eigenvalue weighted by Gasteiger charge is 2.40. The van der Waals surface area contributed by atoms with E-state index in [-0.39, 0.29) is 30.7 Å². The van der Waals surface area contributed by atoms with Crippen molar-refractivity contribution in [2.24, 2.45) is 0 Å². The van der Waals surface area contributed by atoms with E-state index in [0.29, 0.717) is 51.1 Å². The molecule has 2 aromatic rings. The van der Waals surface area contributed by atoms with Crippen LogP contribution >= 0.6 is 0 Å². The lowest BCUT2D eigenvalue weighted by Crippen LogP contribution is -2.49. The number of aromatic amines is 1. The van der Waals surface area contributed by atoms with Gasteiger partial charge >= 0.3 is 6.18 Å². The van der Waals surface area contributed by atoms with E-state index in [1.807, 2.05) is 11.2 Å². The number of hydrogen-bond donors (Lipinski definition) is 1. The van der Waals surface area contributed by atoms with Crippen LogP contribution in [0.2, 0.25) is 0 Å². The molecule has 0 aliphatic carbocycles. The van der Waals surface area contributed by atoms with Crippen LogP contribution in [0, 0.1) is 11.3 Å². The number of anilines is 2. The molecule has 0 aromatic carbocycles. The molecule has 10 nitrogen and oxygen atoms in total. The maximum absolute atomic E-state index is 13.5. The highest BCUT2D eigenvalue weighted by Crippen LogP contribution is 2.36. The number of carbonyl (C=O) groups excluding carboxylic acids is 1. The summed E-state index contributed by atoms with van der Waals surface area (Å²) in [6.07, 6.45) is -1.26. The van der Waals surface area contributed by atoms with Gasteiger partial charge in [0.2, 0.25) is 5.91 Å².